The molecular weight excluding hydrogens is 338 g/mol. The Kier molecular flexibility index (Phi) is 5.20. The first-order chi connectivity index (χ1) is 12.5. The van der Waals surface area contributed by atoms with Gasteiger partial charge in [-0.25, -0.2) is 4.79 Å². The molecule has 2 aliphatic rings. The van der Waals surface area contributed by atoms with Crippen LogP contribution in [0.1, 0.15) is 25.7 Å². The van der Waals surface area contributed by atoms with Gasteiger partial charge in [-0.2, -0.15) is 0 Å². The number of ether oxygens (including phenoxy) is 2. The molecule has 0 bridgehead atoms. The van der Waals surface area contributed by atoms with Crippen molar-refractivity contribution >= 4 is 17.5 Å². The molecule has 138 valence electrons. The molecule has 0 aliphatic heterocycles. The molecule has 1 saturated carbocycles. The number of anilines is 1. The fraction of sp³-hybridized carbons (Fsp3) is 0.444. The fourth-order valence-corrected chi connectivity index (χ4v) is 3.51. The number of aliphatic hydroxyl groups is 1. The van der Waals surface area contributed by atoms with E-state index in [4.69, 9.17) is 9.47 Å². The quantitative estimate of drug-likeness (QED) is 0.794. The summed E-state index contributed by atoms with van der Waals surface area (Å²) in [5.74, 6) is 0.307. The number of hydrogen-bond acceptors (Lipinski definition) is 6. The summed E-state index contributed by atoms with van der Waals surface area (Å²) in [6.45, 7) is 0. The number of fused-ring (bicyclic) bond motifs is 1. The van der Waals surface area contributed by atoms with Crippen molar-refractivity contribution < 1.29 is 24.2 Å². The molecule has 1 aromatic rings. The standard InChI is InChI=1S/C18H21N3O5/c1-25-13-8-7-10(9-14(13)26-2)19-18(24)21-20-15-16(22)11-5-3-4-6-12(11)17(15)23/h7-9,11-12,22H,3-6H2,1-2H3,(H,19,24). The lowest BCUT2D eigenvalue weighted by Gasteiger charge is -2.23. The number of urea groups is 1. The summed E-state index contributed by atoms with van der Waals surface area (Å²) in [5, 5.41) is 20.0. The highest BCUT2D eigenvalue weighted by Gasteiger charge is 2.43. The molecule has 2 atom stereocenters. The number of Topliss-reactive ketones (excluding diaryl/α,β-unsaturated/α-hetero) is 1. The molecule has 2 amide bonds. The van der Waals surface area contributed by atoms with Crippen molar-refractivity contribution in [2.24, 2.45) is 22.1 Å². The summed E-state index contributed by atoms with van der Waals surface area (Å²) in [5.41, 5.74) is 0.348. The van der Waals surface area contributed by atoms with E-state index in [2.05, 4.69) is 15.5 Å². The summed E-state index contributed by atoms with van der Waals surface area (Å²) >= 11 is 0. The van der Waals surface area contributed by atoms with Crippen LogP contribution in [0.5, 0.6) is 11.5 Å². The lowest BCUT2D eigenvalue weighted by molar-refractivity contribution is -0.120. The van der Waals surface area contributed by atoms with Gasteiger partial charge in [-0.3, -0.25) is 4.79 Å². The zero-order valence-electron chi connectivity index (χ0n) is 14.7. The number of allylic oxidation sites excluding steroid dienone is 2. The molecule has 26 heavy (non-hydrogen) atoms. The zero-order valence-corrected chi connectivity index (χ0v) is 14.7. The molecule has 1 aromatic carbocycles. The monoisotopic (exact) mass is 359 g/mol. The zero-order chi connectivity index (χ0) is 18.7. The molecule has 3 rings (SSSR count). The lowest BCUT2D eigenvalue weighted by atomic mass is 9.80. The molecular formula is C18H21N3O5. The van der Waals surface area contributed by atoms with E-state index in [1.165, 1.54) is 14.2 Å². The van der Waals surface area contributed by atoms with Crippen molar-refractivity contribution in [3.63, 3.8) is 0 Å². The highest BCUT2D eigenvalue weighted by molar-refractivity contribution is 6.00. The lowest BCUT2D eigenvalue weighted by Crippen LogP contribution is -2.21. The van der Waals surface area contributed by atoms with E-state index >= 15 is 0 Å². The molecule has 0 aromatic heterocycles. The van der Waals surface area contributed by atoms with Crippen molar-refractivity contribution in [3.8, 4) is 11.5 Å². The Morgan fingerprint density at radius 1 is 1.15 bits per heavy atom. The Balaban J connectivity index is 1.70. The second kappa shape index (κ2) is 7.55. The van der Waals surface area contributed by atoms with Crippen molar-refractivity contribution in [1.82, 2.24) is 0 Å². The van der Waals surface area contributed by atoms with Crippen LogP contribution in [-0.2, 0) is 4.79 Å². The predicted octanol–water partition coefficient (Wildman–Crippen LogP) is 3.85. The molecule has 1 fully saturated rings. The van der Waals surface area contributed by atoms with E-state index in [9.17, 15) is 14.7 Å². The van der Waals surface area contributed by atoms with Crippen molar-refractivity contribution in [2.75, 3.05) is 19.5 Å². The van der Waals surface area contributed by atoms with Crippen molar-refractivity contribution in [1.29, 1.82) is 0 Å². The summed E-state index contributed by atoms with van der Waals surface area (Å²) in [7, 11) is 3.00. The third-order valence-corrected chi connectivity index (χ3v) is 4.81. The van der Waals surface area contributed by atoms with Gasteiger partial charge in [0.15, 0.2) is 23.0 Å². The van der Waals surface area contributed by atoms with Crippen LogP contribution >= 0.6 is 0 Å². The van der Waals surface area contributed by atoms with Crippen LogP contribution in [0.25, 0.3) is 0 Å². The number of carbonyl (C=O) groups is 2. The summed E-state index contributed by atoms with van der Waals surface area (Å²) in [6, 6.07) is 4.10. The average Bonchev–Trinajstić information content (AvgIpc) is 2.90. The van der Waals surface area contributed by atoms with Crippen LogP contribution in [0.4, 0.5) is 10.5 Å². The molecule has 0 saturated heterocycles. The van der Waals surface area contributed by atoms with E-state index in [0.29, 0.717) is 17.2 Å². The minimum Gasteiger partial charge on any atom is -0.510 e. The van der Waals surface area contributed by atoms with Gasteiger partial charge in [-0.1, -0.05) is 18.0 Å². The fourth-order valence-electron chi connectivity index (χ4n) is 3.51. The van der Waals surface area contributed by atoms with Crippen LogP contribution in [-0.4, -0.2) is 31.1 Å². The number of amides is 2. The van der Waals surface area contributed by atoms with Crippen molar-refractivity contribution in [2.45, 2.75) is 25.7 Å². The van der Waals surface area contributed by atoms with Crippen molar-refractivity contribution in [3.05, 3.63) is 29.7 Å². The van der Waals surface area contributed by atoms with Crippen LogP contribution < -0.4 is 14.8 Å². The smallest absolute Gasteiger partial charge is 0.364 e. The Morgan fingerprint density at radius 2 is 1.85 bits per heavy atom. The number of aliphatic hydroxyl groups excluding tert-OH is 1. The van der Waals surface area contributed by atoms with Gasteiger partial charge in [0.05, 0.1) is 14.2 Å². The number of azo groups is 1. The maximum atomic E-state index is 12.3. The first-order valence-corrected chi connectivity index (χ1v) is 8.47. The van der Waals surface area contributed by atoms with Gasteiger partial charge in [0.25, 0.3) is 0 Å². The predicted molar refractivity (Wildman–Crippen MR) is 93.5 cm³/mol. The van der Waals surface area contributed by atoms with E-state index in [0.717, 1.165) is 25.7 Å². The third kappa shape index (κ3) is 3.40. The number of hydrogen-bond donors (Lipinski definition) is 2. The maximum Gasteiger partial charge on any atom is 0.364 e. The molecule has 0 spiro atoms. The van der Waals surface area contributed by atoms with Crippen LogP contribution in [0.3, 0.4) is 0 Å². The van der Waals surface area contributed by atoms with E-state index < -0.39 is 6.03 Å². The molecule has 8 nitrogen and oxygen atoms in total. The Bertz CT molecular complexity index is 787. The molecule has 0 radical (unpaired) electrons. The number of rotatable bonds is 4. The van der Waals surface area contributed by atoms with Gasteiger partial charge in [0.1, 0.15) is 5.76 Å². The third-order valence-electron chi connectivity index (χ3n) is 4.81. The minimum absolute atomic E-state index is 0.0395. The summed E-state index contributed by atoms with van der Waals surface area (Å²) < 4.78 is 10.3. The summed E-state index contributed by atoms with van der Waals surface area (Å²) in [4.78, 5) is 24.3. The van der Waals surface area contributed by atoms with E-state index in [1.807, 2.05) is 0 Å². The normalized spacial score (nSPS) is 22.5. The first kappa shape index (κ1) is 17.9. The molecule has 2 aliphatic carbocycles. The van der Waals surface area contributed by atoms with Gasteiger partial charge < -0.3 is 19.9 Å². The number of carbonyl (C=O) groups excluding carboxylic acids is 2. The Morgan fingerprint density at radius 3 is 2.50 bits per heavy atom. The summed E-state index contributed by atoms with van der Waals surface area (Å²) in [6.07, 6.45) is 3.44. The van der Waals surface area contributed by atoms with Crippen LogP contribution in [0, 0.1) is 11.8 Å². The van der Waals surface area contributed by atoms with E-state index in [1.54, 1.807) is 18.2 Å². The number of benzene rings is 1. The second-order valence-electron chi connectivity index (χ2n) is 6.30. The van der Waals surface area contributed by atoms with Gasteiger partial charge in [-0.15, -0.1) is 5.11 Å². The van der Waals surface area contributed by atoms with Crippen LogP contribution in [0.2, 0.25) is 0 Å². The van der Waals surface area contributed by atoms with Gasteiger partial charge >= 0.3 is 6.03 Å². The van der Waals surface area contributed by atoms with Gasteiger partial charge in [0.2, 0.25) is 0 Å². The number of methoxy groups -OCH3 is 2. The highest BCUT2D eigenvalue weighted by atomic mass is 16.5. The average molecular weight is 359 g/mol. The molecule has 8 heteroatoms. The highest BCUT2D eigenvalue weighted by Crippen LogP contribution is 2.42. The SMILES string of the molecule is COc1ccc(NC(=O)N=NC2=C(O)C3CCCCC3C2=O)cc1OC. The Hall–Kier alpha value is -2.90. The van der Waals surface area contributed by atoms with Gasteiger partial charge in [0, 0.05) is 23.6 Å². The van der Waals surface area contributed by atoms with Crippen LogP contribution in [0.15, 0.2) is 39.9 Å². The number of nitrogens with zero attached hydrogens (tertiary/aromatic N) is 2. The second-order valence-corrected chi connectivity index (χ2v) is 6.30. The number of nitrogens with one attached hydrogen (secondary N) is 1. The molecule has 2 unspecified atom stereocenters. The molecule has 2 N–H and O–H groups in total. The Labute approximate surface area is 150 Å². The molecule has 0 heterocycles. The van der Waals surface area contributed by atoms with E-state index in [-0.39, 0.29) is 29.1 Å². The topological polar surface area (TPSA) is 110 Å². The maximum absolute atomic E-state index is 12.3. The van der Waals surface area contributed by atoms with Gasteiger partial charge in [-0.05, 0) is 25.0 Å². The minimum atomic E-state index is -0.750. The first-order valence-electron chi connectivity index (χ1n) is 8.47. The number of ketones is 1. The largest absolute Gasteiger partial charge is 0.510 e.